The molecule has 0 fully saturated rings. The normalized spacial score (nSPS) is 12.8. The fraction of sp³-hybridized carbons (Fsp3) is 0.0833. The third kappa shape index (κ3) is 2.23. The number of esters is 1. The maximum absolute atomic E-state index is 11.0. The molecule has 0 unspecified atom stereocenters. The van der Waals surface area contributed by atoms with Crippen LogP contribution in [-0.4, -0.2) is 12.8 Å². The second-order valence-electron chi connectivity index (χ2n) is 3.05. The summed E-state index contributed by atoms with van der Waals surface area (Å²) in [5.41, 5.74) is 0.838. The Kier molecular flexibility index (Phi) is 2.91. The van der Waals surface area contributed by atoms with Gasteiger partial charge in [0.1, 0.15) is 0 Å². The fourth-order valence-electron chi connectivity index (χ4n) is 1.30. The molecule has 4 heteroatoms. The summed E-state index contributed by atoms with van der Waals surface area (Å²) < 4.78 is 14.9. The molecule has 16 heavy (non-hydrogen) atoms. The lowest BCUT2D eigenvalue weighted by Gasteiger charge is -1.97. The third-order valence-corrected chi connectivity index (χ3v) is 2.01. The first-order chi connectivity index (χ1) is 7.79. The molecule has 0 amide bonds. The third-order valence-electron chi connectivity index (χ3n) is 2.01. The zero-order chi connectivity index (χ0) is 11.4. The van der Waals surface area contributed by atoms with Gasteiger partial charge in [0.05, 0.1) is 6.26 Å². The number of hydrogen-bond acceptors (Lipinski definition) is 4. The molecule has 0 saturated heterocycles. The highest BCUT2D eigenvalue weighted by molar-refractivity contribution is 5.87. The molecule has 1 heterocycles. The predicted octanol–water partition coefficient (Wildman–Crippen LogP) is 2.12. The van der Waals surface area contributed by atoms with Gasteiger partial charge in [-0.05, 0) is 23.8 Å². The number of fused-ring (bicyclic) bond motifs is 1. The number of benzene rings is 1. The lowest BCUT2D eigenvalue weighted by molar-refractivity contribution is -0.132. The van der Waals surface area contributed by atoms with Gasteiger partial charge in [0, 0.05) is 6.08 Å². The van der Waals surface area contributed by atoms with Crippen molar-refractivity contribution in [3.05, 3.63) is 42.7 Å². The molecule has 0 aromatic heterocycles. The van der Waals surface area contributed by atoms with Crippen molar-refractivity contribution in [3.8, 4) is 11.5 Å². The van der Waals surface area contributed by atoms with E-state index in [1.54, 1.807) is 18.2 Å². The van der Waals surface area contributed by atoms with E-state index in [9.17, 15) is 4.79 Å². The predicted molar refractivity (Wildman–Crippen MR) is 57.9 cm³/mol. The summed E-state index contributed by atoms with van der Waals surface area (Å²) in [4.78, 5) is 11.0. The van der Waals surface area contributed by atoms with Gasteiger partial charge < -0.3 is 14.2 Å². The van der Waals surface area contributed by atoms with Crippen LogP contribution in [0.25, 0.3) is 6.08 Å². The average Bonchev–Trinajstić information content (AvgIpc) is 2.74. The summed E-state index contributed by atoms with van der Waals surface area (Å²) in [6, 6.07) is 5.41. The minimum Gasteiger partial charge on any atom is -0.454 e. The second-order valence-corrected chi connectivity index (χ2v) is 3.05. The Bertz CT molecular complexity index is 448. The Morgan fingerprint density at radius 3 is 3.00 bits per heavy atom. The van der Waals surface area contributed by atoms with Gasteiger partial charge in [0.2, 0.25) is 6.79 Å². The van der Waals surface area contributed by atoms with Gasteiger partial charge in [-0.25, -0.2) is 4.79 Å². The molecule has 1 aromatic rings. The highest BCUT2D eigenvalue weighted by atomic mass is 16.7. The van der Waals surface area contributed by atoms with Gasteiger partial charge in [0.25, 0.3) is 0 Å². The van der Waals surface area contributed by atoms with Crippen LogP contribution in [0.15, 0.2) is 37.1 Å². The first-order valence-electron chi connectivity index (χ1n) is 4.69. The SMILES string of the molecule is C=COC(=O)/C=C/c1ccc2c(c1)OCO2. The van der Waals surface area contributed by atoms with Crippen LogP contribution in [0.2, 0.25) is 0 Å². The van der Waals surface area contributed by atoms with E-state index in [0.717, 1.165) is 11.8 Å². The Morgan fingerprint density at radius 1 is 1.38 bits per heavy atom. The number of carbonyl (C=O) groups excluding carboxylic acids is 1. The van der Waals surface area contributed by atoms with Crippen molar-refractivity contribution in [2.75, 3.05) is 6.79 Å². The van der Waals surface area contributed by atoms with Crippen LogP contribution in [-0.2, 0) is 9.53 Å². The number of carbonyl (C=O) groups is 1. The summed E-state index contributed by atoms with van der Waals surface area (Å²) in [5.74, 6) is 0.928. The van der Waals surface area contributed by atoms with Crippen molar-refractivity contribution in [1.29, 1.82) is 0 Å². The molecule has 0 saturated carbocycles. The van der Waals surface area contributed by atoms with E-state index in [4.69, 9.17) is 9.47 Å². The summed E-state index contributed by atoms with van der Waals surface area (Å²) in [6.45, 7) is 3.53. The summed E-state index contributed by atoms with van der Waals surface area (Å²) in [6.07, 6.45) is 4.04. The van der Waals surface area contributed by atoms with E-state index in [-0.39, 0.29) is 6.79 Å². The van der Waals surface area contributed by atoms with Gasteiger partial charge in [-0.3, -0.25) is 0 Å². The van der Waals surface area contributed by atoms with Gasteiger partial charge in [-0.15, -0.1) is 0 Å². The fourth-order valence-corrected chi connectivity index (χ4v) is 1.30. The molecule has 1 aliphatic rings. The summed E-state index contributed by atoms with van der Waals surface area (Å²) >= 11 is 0. The molecule has 0 spiro atoms. The minimum absolute atomic E-state index is 0.237. The molecule has 1 aromatic carbocycles. The van der Waals surface area contributed by atoms with Crippen LogP contribution in [0.1, 0.15) is 5.56 Å². The van der Waals surface area contributed by atoms with Gasteiger partial charge in [0.15, 0.2) is 11.5 Å². The maximum Gasteiger partial charge on any atom is 0.335 e. The van der Waals surface area contributed by atoms with E-state index in [2.05, 4.69) is 11.3 Å². The highest BCUT2D eigenvalue weighted by Crippen LogP contribution is 2.32. The van der Waals surface area contributed by atoms with Crippen LogP contribution in [0, 0.1) is 0 Å². The smallest absolute Gasteiger partial charge is 0.335 e. The van der Waals surface area contributed by atoms with E-state index in [0.29, 0.717) is 11.5 Å². The van der Waals surface area contributed by atoms with Crippen molar-refractivity contribution in [2.24, 2.45) is 0 Å². The van der Waals surface area contributed by atoms with Crippen LogP contribution < -0.4 is 9.47 Å². The Morgan fingerprint density at radius 2 is 2.19 bits per heavy atom. The van der Waals surface area contributed by atoms with Crippen LogP contribution in [0.3, 0.4) is 0 Å². The molecular weight excluding hydrogens is 208 g/mol. The Labute approximate surface area is 92.7 Å². The first kappa shape index (κ1) is 10.3. The van der Waals surface area contributed by atoms with E-state index in [1.807, 2.05) is 6.07 Å². The molecule has 4 nitrogen and oxygen atoms in total. The summed E-state index contributed by atoms with van der Waals surface area (Å²) in [5, 5.41) is 0. The zero-order valence-electron chi connectivity index (χ0n) is 8.51. The van der Waals surface area contributed by atoms with Crippen molar-refractivity contribution in [3.63, 3.8) is 0 Å². The van der Waals surface area contributed by atoms with Gasteiger partial charge in [-0.1, -0.05) is 12.6 Å². The molecule has 2 rings (SSSR count). The van der Waals surface area contributed by atoms with Crippen molar-refractivity contribution in [1.82, 2.24) is 0 Å². The van der Waals surface area contributed by atoms with Crippen LogP contribution in [0.4, 0.5) is 0 Å². The van der Waals surface area contributed by atoms with E-state index in [1.165, 1.54) is 6.08 Å². The van der Waals surface area contributed by atoms with Crippen LogP contribution >= 0.6 is 0 Å². The molecule has 1 aliphatic heterocycles. The van der Waals surface area contributed by atoms with Crippen molar-refractivity contribution < 1.29 is 19.0 Å². The Balaban J connectivity index is 2.10. The summed E-state index contributed by atoms with van der Waals surface area (Å²) in [7, 11) is 0. The van der Waals surface area contributed by atoms with Gasteiger partial charge >= 0.3 is 5.97 Å². The molecule has 0 N–H and O–H groups in total. The largest absolute Gasteiger partial charge is 0.454 e. The average molecular weight is 218 g/mol. The molecule has 0 atom stereocenters. The quantitative estimate of drug-likeness (QED) is 0.443. The van der Waals surface area contributed by atoms with Gasteiger partial charge in [-0.2, -0.15) is 0 Å². The van der Waals surface area contributed by atoms with Crippen molar-refractivity contribution >= 4 is 12.0 Å². The lowest BCUT2D eigenvalue weighted by atomic mass is 10.2. The first-order valence-corrected chi connectivity index (χ1v) is 4.69. The highest BCUT2D eigenvalue weighted by Gasteiger charge is 2.12. The Hall–Kier alpha value is -2.23. The molecule has 82 valence electrons. The maximum atomic E-state index is 11.0. The standard InChI is InChI=1S/C12H10O4/c1-2-14-12(13)6-4-9-3-5-10-11(7-9)16-8-15-10/h2-7H,1,8H2/b6-4+. The van der Waals surface area contributed by atoms with E-state index < -0.39 is 5.97 Å². The van der Waals surface area contributed by atoms with E-state index >= 15 is 0 Å². The number of rotatable bonds is 3. The topological polar surface area (TPSA) is 44.8 Å². The van der Waals surface area contributed by atoms with Crippen molar-refractivity contribution in [2.45, 2.75) is 0 Å². The molecular formula is C12H10O4. The molecule has 0 aliphatic carbocycles. The molecule has 0 radical (unpaired) electrons. The van der Waals surface area contributed by atoms with Crippen LogP contribution in [0.5, 0.6) is 11.5 Å². The number of hydrogen-bond donors (Lipinski definition) is 0. The minimum atomic E-state index is -0.465. The monoisotopic (exact) mass is 218 g/mol. The number of ether oxygens (including phenoxy) is 3. The zero-order valence-corrected chi connectivity index (χ0v) is 8.51. The second kappa shape index (κ2) is 4.53. The lowest BCUT2D eigenvalue weighted by Crippen LogP contribution is -1.93. The molecule has 0 bridgehead atoms.